The van der Waals surface area contributed by atoms with Gasteiger partial charge in [-0.05, 0) is 36.4 Å². The number of aromatic amines is 2. The first-order chi connectivity index (χ1) is 14.7. The summed E-state index contributed by atoms with van der Waals surface area (Å²) < 4.78 is 26.9. The SMILES string of the molecule is O=C(NNC(=O)c1cccc(NS(=O)(=O)c2c[nH]c(=O)[nH]c2=O)c1)c1cccc(Cl)c1. The van der Waals surface area contributed by atoms with Gasteiger partial charge in [0.15, 0.2) is 4.90 Å². The van der Waals surface area contributed by atoms with E-state index < -0.39 is 38.0 Å². The third kappa shape index (κ3) is 5.38. The second-order valence-electron chi connectivity index (χ2n) is 6.04. The van der Waals surface area contributed by atoms with E-state index in [1.165, 1.54) is 36.4 Å². The molecule has 2 amide bonds. The average Bonchev–Trinajstić information content (AvgIpc) is 2.71. The van der Waals surface area contributed by atoms with Crippen molar-refractivity contribution in [1.29, 1.82) is 0 Å². The first-order valence-electron chi connectivity index (χ1n) is 8.47. The molecule has 0 bridgehead atoms. The molecule has 1 aromatic heterocycles. The number of nitrogens with one attached hydrogen (secondary N) is 5. The Hall–Kier alpha value is -3.90. The topological polar surface area (TPSA) is 170 Å². The quantitative estimate of drug-likeness (QED) is 0.347. The van der Waals surface area contributed by atoms with Crippen molar-refractivity contribution in [3.63, 3.8) is 0 Å². The highest BCUT2D eigenvalue weighted by molar-refractivity contribution is 7.92. The minimum absolute atomic E-state index is 0.0157. The maximum atomic E-state index is 12.4. The summed E-state index contributed by atoms with van der Waals surface area (Å²) in [6.45, 7) is 0. The van der Waals surface area contributed by atoms with Crippen molar-refractivity contribution in [2.75, 3.05) is 4.72 Å². The zero-order valence-corrected chi connectivity index (χ0v) is 17.0. The van der Waals surface area contributed by atoms with Gasteiger partial charge in [-0.3, -0.25) is 34.9 Å². The van der Waals surface area contributed by atoms with Crippen molar-refractivity contribution >= 4 is 39.1 Å². The first kappa shape index (κ1) is 21.8. The Labute approximate surface area is 179 Å². The third-order valence-corrected chi connectivity index (χ3v) is 5.45. The van der Waals surface area contributed by atoms with Crippen LogP contribution in [-0.4, -0.2) is 30.2 Å². The molecule has 0 atom stereocenters. The van der Waals surface area contributed by atoms with Gasteiger partial charge in [0.1, 0.15) is 0 Å². The van der Waals surface area contributed by atoms with Crippen molar-refractivity contribution in [1.82, 2.24) is 20.8 Å². The summed E-state index contributed by atoms with van der Waals surface area (Å²) in [5, 5.41) is 0.347. The third-order valence-electron chi connectivity index (χ3n) is 3.83. The van der Waals surface area contributed by atoms with Crippen LogP contribution >= 0.6 is 11.6 Å². The van der Waals surface area contributed by atoms with Gasteiger partial charge in [-0.25, -0.2) is 13.2 Å². The molecule has 5 N–H and O–H groups in total. The van der Waals surface area contributed by atoms with Crippen LogP contribution < -0.4 is 26.8 Å². The summed E-state index contributed by atoms with van der Waals surface area (Å²) in [4.78, 5) is 50.3. The van der Waals surface area contributed by atoms with E-state index in [-0.39, 0.29) is 16.8 Å². The van der Waals surface area contributed by atoms with Crippen molar-refractivity contribution in [2.24, 2.45) is 0 Å². The molecular weight excluding hydrogens is 450 g/mol. The minimum Gasteiger partial charge on any atom is -0.313 e. The van der Waals surface area contributed by atoms with E-state index in [9.17, 15) is 27.6 Å². The number of sulfonamides is 1. The van der Waals surface area contributed by atoms with Crippen LogP contribution in [0.2, 0.25) is 5.02 Å². The summed E-state index contributed by atoms with van der Waals surface area (Å²) in [5.41, 5.74) is 2.66. The number of hydrazine groups is 1. The number of amides is 2. The number of aromatic nitrogens is 2. The summed E-state index contributed by atoms with van der Waals surface area (Å²) >= 11 is 5.82. The molecule has 3 aromatic rings. The highest BCUT2D eigenvalue weighted by Crippen LogP contribution is 2.15. The van der Waals surface area contributed by atoms with Crippen molar-refractivity contribution in [3.8, 4) is 0 Å². The van der Waals surface area contributed by atoms with Gasteiger partial charge in [-0.2, -0.15) is 0 Å². The maximum absolute atomic E-state index is 12.4. The van der Waals surface area contributed by atoms with E-state index in [4.69, 9.17) is 11.6 Å². The van der Waals surface area contributed by atoms with Gasteiger partial charge in [-0.15, -0.1) is 0 Å². The minimum atomic E-state index is -4.35. The maximum Gasteiger partial charge on any atom is 0.325 e. The van der Waals surface area contributed by atoms with Gasteiger partial charge in [0.25, 0.3) is 27.4 Å². The van der Waals surface area contributed by atoms with Crippen LogP contribution in [0.1, 0.15) is 20.7 Å². The Morgan fingerprint density at radius 2 is 1.52 bits per heavy atom. The highest BCUT2D eigenvalue weighted by atomic mass is 35.5. The van der Waals surface area contributed by atoms with E-state index in [0.29, 0.717) is 5.02 Å². The standard InChI is InChI=1S/C18H14ClN5O6S/c19-12-5-1-3-10(7-12)15(25)22-23-16(26)11-4-2-6-13(8-11)24-31(29,30)14-9-20-18(28)21-17(14)27/h1-9,24H,(H,22,25)(H,23,26)(H2,20,21,27,28). The average molecular weight is 464 g/mol. The lowest BCUT2D eigenvalue weighted by Gasteiger charge is -2.10. The summed E-state index contributed by atoms with van der Waals surface area (Å²) in [6, 6.07) is 11.4. The number of carbonyl (C=O) groups is 2. The zero-order chi connectivity index (χ0) is 22.6. The molecule has 0 aliphatic heterocycles. The molecule has 0 aliphatic rings. The predicted molar refractivity (Wildman–Crippen MR) is 111 cm³/mol. The molecule has 13 heteroatoms. The monoisotopic (exact) mass is 463 g/mol. The van der Waals surface area contributed by atoms with Gasteiger partial charge >= 0.3 is 5.69 Å². The Bertz CT molecular complexity index is 1380. The van der Waals surface area contributed by atoms with Crippen molar-refractivity contribution in [3.05, 3.63) is 91.7 Å². The molecule has 0 fully saturated rings. The lowest BCUT2D eigenvalue weighted by molar-refractivity contribution is 0.0846. The predicted octanol–water partition coefficient (Wildman–Crippen LogP) is 0.592. The molecule has 0 saturated heterocycles. The normalized spacial score (nSPS) is 10.9. The van der Waals surface area contributed by atoms with Crippen LogP contribution in [0.4, 0.5) is 5.69 Å². The number of H-pyrrole nitrogens is 2. The van der Waals surface area contributed by atoms with Crippen LogP contribution in [0, 0.1) is 0 Å². The first-order valence-corrected chi connectivity index (χ1v) is 10.3. The van der Waals surface area contributed by atoms with Crippen LogP contribution in [0.3, 0.4) is 0 Å². The smallest absolute Gasteiger partial charge is 0.313 e. The van der Waals surface area contributed by atoms with Crippen LogP contribution in [0.5, 0.6) is 0 Å². The van der Waals surface area contributed by atoms with E-state index >= 15 is 0 Å². The zero-order valence-electron chi connectivity index (χ0n) is 15.4. The van der Waals surface area contributed by atoms with E-state index in [2.05, 4.69) is 20.6 Å². The molecule has 0 unspecified atom stereocenters. The van der Waals surface area contributed by atoms with E-state index in [1.54, 1.807) is 17.1 Å². The Morgan fingerprint density at radius 1 is 0.903 bits per heavy atom. The number of anilines is 1. The summed E-state index contributed by atoms with van der Waals surface area (Å²) in [7, 11) is -4.35. The molecule has 31 heavy (non-hydrogen) atoms. The van der Waals surface area contributed by atoms with Gasteiger partial charge in [0.2, 0.25) is 0 Å². The second-order valence-corrected chi connectivity index (χ2v) is 8.13. The van der Waals surface area contributed by atoms with Gasteiger partial charge in [0, 0.05) is 28.0 Å². The van der Waals surface area contributed by atoms with Gasteiger partial charge in [-0.1, -0.05) is 23.7 Å². The summed E-state index contributed by atoms with van der Waals surface area (Å²) in [6.07, 6.45) is 0.755. The number of halogens is 1. The largest absolute Gasteiger partial charge is 0.325 e. The molecule has 160 valence electrons. The van der Waals surface area contributed by atoms with Gasteiger partial charge < -0.3 is 4.98 Å². The molecule has 0 saturated carbocycles. The van der Waals surface area contributed by atoms with E-state index in [0.717, 1.165) is 6.20 Å². The molecule has 0 aliphatic carbocycles. The molecule has 1 heterocycles. The number of hydrogen-bond acceptors (Lipinski definition) is 6. The van der Waals surface area contributed by atoms with E-state index in [1.807, 2.05) is 0 Å². The fourth-order valence-electron chi connectivity index (χ4n) is 2.42. The molecule has 0 radical (unpaired) electrons. The number of benzene rings is 2. The number of carbonyl (C=O) groups excluding carboxylic acids is 2. The molecule has 3 rings (SSSR count). The highest BCUT2D eigenvalue weighted by Gasteiger charge is 2.19. The lowest BCUT2D eigenvalue weighted by Crippen LogP contribution is -2.41. The van der Waals surface area contributed by atoms with Crippen molar-refractivity contribution in [2.45, 2.75) is 4.90 Å². The van der Waals surface area contributed by atoms with Crippen LogP contribution in [0.25, 0.3) is 0 Å². The molecule has 0 spiro atoms. The fourth-order valence-corrected chi connectivity index (χ4v) is 3.67. The Kier molecular flexibility index (Phi) is 6.22. The number of rotatable bonds is 5. The van der Waals surface area contributed by atoms with Crippen molar-refractivity contribution < 1.29 is 18.0 Å². The lowest BCUT2D eigenvalue weighted by atomic mass is 10.2. The van der Waals surface area contributed by atoms with Gasteiger partial charge in [0.05, 0.1) is 0 Å². The fraction of sp³-hybridized carbons (Fsp3) is 0. The molecule has 11 nitrogen and oxygen atoms in total. The Balaban J connectivity index is 1.72. The van der Waals surface area contributed by atoms with Crippen LogP contribution in [0.15, 0.2) is 69.2 Å². The van der Waals surface area contributed by atoms with Crippen LogP contribution in [-0.2, 0) is 10.0 Å². The number of hydrogen-bond donors (Lipinski definition) is 5. The Morgan fingerprint density at radius 3 is 2.13 bits per heavy atom. The summed E-state index contributed by atoms with van der Waals surface area (Å²) in [5.74, 6) is -1.33. The molecule has 2 aromatic carbocycles. The molecular formula is C18H14ClN5O6S. The second kappa shape index (κ2) is 8.85.